The first-order valence-electron chi connectivity index (χ1n) is 6.54. The van der Waals surface area contributed by atoms with E-state index in [2.05, 4.69) is 11.4 Å². The van der Waals surface area contributed by atoms with Gasteiger partial charge in [-0.3, -0.25) is 9.59 Å². The Kier molecular flexibility index (Phi) is 3.85. The molecule has 0 unspecified atom stereocenters. The molecule has 2 aliphatic carbocycles. The topological polar surface area (TPSA) is 79.2 Å². The number of hydrogen-bond acceptors (Lipinski definition) is 4. The number of amides is 1. The highest BCUT2D eigenvalue weighted by atomic mass is 16.5. The van der Waals surface area contributed by atoms with E-state index in [1.54, 1.807) is 0 Å². The van der Waals surface area contributed by atoms with Gasteiger partial charge >= 0.3 is 5.97 Å². The second-order valence-electron chi connectivity index (χ2n) is 5.18. The molecule has 0 spiro atoms. The average molecular weight is 250 g/mol. The van der Waals surface area contributed by atoms with Crippen LogP contribution in [0.15, 0.2) is 0 Å². The van der Waals surface area contributed by atoms with Gasteiger partial charge in [-0.15, -0.1) is 0 Å². The van der Waals surface area contributed by atoms with E-state index in [0.717, 1.165) is 32.1 Å². The third kappa shape index (κ3) is 2.81. The zero-order valence-corrected chi connectivity index (χ0v) is 10.4. The lowest BCUT2D eigenvalue weighted by molar-refractivity contribution is -0.155. The third-order valence-corrected chi connectivity index (χ3v) is 3.83. The fourth-order valence-corrected chi connectivity index (χ4v) is 2.44. The SMILES string of the molecule is N#CC1(NC(=O)COC(=O)C2CCC2)CCCC1. The first-order chi connectivity index (χ1) is 8.65. The van der Waals surface area contributed by atoms with Crippen molar-refractivity contribution in [3.8, 4) is 6.07 Å². The highest BCUT2D eigenvalue weighted by Crippen LogP contribution is 2.29. The van der Waals surface area contributed by atoms with Crippen LogP contribution in [-0.4, -0.2) is 24.0 Å². The summed E-state index contributed by atoms with van der Waals surface area (Å²) in [5.74, 6) is -0.672. The van der Waals surface area contributed by atoms with E-state index in [0.29, 0.717) is 12.8 Å². The number of ether oxygens (including phenoxy) is 1. The summed E-state index contributed by atoms with van der Waals surface area (Å²) < 4.78 is 4.95. The van der Waals surface area contributed by atoms with Crippen LogP contribution in [0.2, 0.25) is 0 Å². The molecule has 0 aromatic heterocycles. The van der Waals surface area contributed by atoms with Crippen molar-refractivity contribution in [1.82, 2.24) is 5.32 Å². The minimum atomic E-state index is -0.736. The van der Waals surface area contributed by atoms with Crippen LogP contribution in [0.4, 0.5) is 0 Å². The Morgan fingerprint density at radius 3 is 2.44 bits per heavy atom. The molecule has 2 fully saturated rings. The van der Waals surface area contributed by atoms with Gasteiger partial charge in [-0.2, -0.15) is 5.26 Å². The van der Waals surface area contributed by atoms with Crippen LogP contribution in [-0.2, 0) is 14.3 Å². The zero-order chi connectivity index (χ0) is 13.0. The molecule has 0 bridgehead atoms. The van der Waals surface area contributed by atoms with Crippen LogP contribution < -0.4 is 5.32 Å². The van der Waals surface area contributed by atoms with E-state index in [9.17, 15) is 9.59 Å². The maximum atomic E-state index is 11.7. The molecule has 5 nitrogen and oxygen atoms in total. The van der Waals surface area contributed by atoms with E-state index in [1.807, 2.05) is 0 Å². The van der Waals surface area contributed by atoms with Crippen molar-refractivity contribution >= 4 is 11.9 Å². The first-order valence-corrected chi connectivity index (χ1v) is 6.54. The molecule has 0 radical (unpaired) electrons. The van der Waals surface area contributed by atoms with Gasteiger partial charge in [-0.1, -0.05) is 6.42 Å². The molecule has 0 aliphatic heterocycles. The van der Waals surface area contributed by atoms with Gasteiger partial charge in [0.1, 0.15) is 5.54 Å². The van der Waals surface area contributed by atoms with Crippen LogP contribution in [0.3, 0.4) is 0 Å². The van der Waals surface area contributed by atoms with Gasteiger partial charge in [-0.05, 0) is 38.5 Å². The Labute approximate surface area is 106 Å². The van der Waals surface area contributed by atoms with Crippen LogP contribution in [0, 0.1) is 17.2 Å². The summed E-state index contributed by atoms with van der Waals surface area (Å²) >= 11 is 0. The van der Waals surface area contributed by atoms with E-state index in [4.69, 9.17) is 10.00 Å². The lowest BCUT2D eigenvalue weighted by Gasteiger charge is -2.24. The fourth-order valence-electron chi connectivity index (χ4n) is 2.44. The fraction of sp³-hybridized carbons (Fsp3) is 0.769. The van der Waals surface area contributed by atoms with Gasteiger partial charge in [-0.25, -0.2) is 0 Å². The summed E-state index contributed by atoms with van der Waals surface area (Å²) in [6, 6.07) is 2.17. The smallest absolute Gasteiger partial charge is 0.309 e. The summed E-state index contributed by atoms with van der Waals surface area (Å²) in [7, 11) is 0. The molecule has 1 amide bonds. The number of esters is 1. The zero-order valence-electron chi connectivity index (χ0n) is 10.4. The molecule has 0 atom stereocenters. The van der Waals surface area contributed by atoms with Gasteiger partial charge in [0.25, 0.3) is 5.91 Å². The second-order valence-corrected chi connectivity index (χ2v) is 5.18. The Hall–Kier alpha value is -1.57. The monoisotopic (exact) mass is 250 g/mol. The molecule has 2 aliphatic rings. The normalized spacial score (nSPS) is 21.7. The lowest BCUT2D eigenvalue weighted by Crippen LogP contribution is -2.47. The molecular weight excluding hydrogens is 232 g/mol. The van der Waals surface area contributed by atoms with Gasteiger partial charge in [0.2, 0.25) is 0 Å². The van der Waals surface area contributed by atoms with Gasteiger partial charge in [0.05, 0.1) is 12.0 Å². The minimum Gasteiger partial charge on any atom is -0.455 e. The Balaban J connectivity index is 1.74. The predicted molar refractivity (Wildman–Crippen MR) is 63.3 cm³/mol. The molecule has 1 N–H and O–H groups in total. The number of nitrogens with zero attached hydrogens (tertiary/aromatic N) is 1. The summed E-state index contributed by atoms with van der Waals surface area (Å²) in [4.78, 5) is 23.1. The van der Waals surface area contributed by atoms with E-state index < -0.39 is 5.54 Å². The van der Waals surface area contributed by atoms with Crippen molar-refractivity contribution in [3.63, 3.8) is 0 Å². The van der Waals surface area contributed by atoms with Crippen molar-refractivity contribution in [2.24, 2.45) is 5.92 Å². The van der Waals surface area contributed by atoms with Gasteiger partial charge < -0.3 is 10.1 Å². The minimum absolute atomic E-state index is 0.0193. The van der Waals surface area contributed by atoms with E-state index >= 15 is 0 Å². The van der Waals surface area contributed by atoms with Crippen molar-refractivity contribution in [1.29, 1.82) is 5.26 Å². The molecule has 18 heavy (non-hydrogen) atoms. The standard InChI is InChI=1S/C13H18N2O3/c14-9-13(6-1-2-7-13)15-11(16)8-18-12(17)10-4-3-5-10/h10H,1-8H2,(H,15,16). The van der Waals surface area contributed by atoms with Gasteiger partial charge in [0.15, 0.2) is 6.61 Å². The van der Waals surface area contributed by atoms with Crippen molar-refractivity contribution in [2.75, 3.05) is 6.61 Å². The Morgan fingerprint density at radius 1 is 1.28 bits per heavy atom. The van der Waals surface area contributed by atoms with Crippen molar-refractivity contribution < 1.29 is 14.3 Å². The maximum Gasteiger partial charge on any atom is 0.309 e. The lowest BCUT2D eigenvalue weighted by atomic mass is 9.86. The highest BCUT2D eigenvalue weighted by molar-refractivity contribution is 5.82. The summed E-state index contributed by atoms with van der Waals surface area (Å²) in [6.07, 6.45) is 6.07. The molecule has 0 aromatic carbocycles. The summed E-state index contributed by atoms with van der Waals surface area (Å²) in [5, 5.41) is 11.8. The Morgan fingerprint density at radius 2 is 1.94 bits per heavy atom. The largest absolute Gasteiger partial charge is 0.455 e. The molecular formula is C13H18N2O3. The maximum absolute atomic E-state index is 11.7. The van der Waals surface area contributed by atoms with Crippen molar-refractivity contribution in [3.05, 3.63) is 0 Å². The molecule has 0 aromatic rings. The third-order valence-electron chi connectivity index (χ3n) is 3.83. The number of carbonyl (C=O) groups is 2. The van der Waals surface area contributed by atoms with E-state index in [1.165, 1.54) is 0 Å². The van der Waals surface area contributed by atoms with Crippen LogP contribution in [0.5, 0.6) is 0 Å². The average Bonchev–Trinajstić information content (AvgIpc) is 2.73. The number of nitriles is 1. The van der Waals surface area contributed by atoms with Crippen molar-refractivity contribution in [2.45, 2.75) is 50.5 Å². The molecule has 0 heterocycles. The van der Waals surface area contributed by atoms with Crippen LogP contribution in [0.1, 0.15) is 44.9 Å². The molecule has 5 heteroatoms. The first kappa shape index (κ1) is 12.9. The highest BCUT2D eigenvalue weighted by Gasteiger charge is 2.35. The number of carbonyl (C=O) groups excluding carboxylic acids is 2. The Bertz CT molecular complexity index is 376. The van der Waals surface area contributed by atoms with Crippen LogP contribution >= 0.6 is 0 Å². The summed E-state index contributed by atoms with van der Waals surface area (Å²) in [6.45, 7) is -0.265. The molecule has 0 saturated heterocycles. The molecule has 98 valence electrons. The number of rotatable bonds is 4. The quantitative estimate of drug-likeness (QED) is 0.762. The molecule has 2 saturated carbocycles. The van der Waals surface area contributed by atoms with Gasteiger partial charge in [0, 0.05) is 0 Å². The number of nitrogens with one attached hydrogen (secondary N) is 1. The van der Waals surface area contributed by atoms with E-state index in [-0.39, 0.29) is 24.4 Å². The molecule has 2 rings (SSSR count). The second kappa shape index (κ2) is 5.38. The van der Waals surface area contributed by atoms with Crippen LogP contribution in [0.25, 0.3) is 0 Å². The number of hydrogen-bond donors (Lipinski definition) is 1. The predicted octanol–water partition coefficient (Wildman–Crippen LogP) is 1.28. The summed E-state index contributed by atoms with van der Waals surface area (Å²) in [5.41, 5.74) is -0.736.